The number of fused-ring (bicyclic) bond motifs is 8. The van der Waals surface area contributed by atoms with E-state index < -0.39 is 0 Å². The Hall–Kier alpha value is -5.60. The van der Waals surface area contributed by atoms with Gasteiger partial charge in [-0.15, -0.1) is 0 Å². The molecule has 5 nitrogen and oxygen atoms in total. The molecule has 8 bridgehead atoms. The van der Waals surface area contributed by atoms with Crippen LogP contribution in [-0.2, 0) is 0 Å². The molecule has 4 N–H and O–H groups in total. The molecule has 5 aromatic rings. The maximum Gasteiger partial charge on any atom is 0.0659 e. The third kappa shape index (κ3) is 4.87. The fraction of sp³-hybridized carbons (Fsp3) is 0. The molecule has 3 aromatic heterocycles. The van der Waals surface area contributed by atoms with Crippen LogP contribution in [0.3, 0.4) is 0 Å². The molecule has 7 rings (SSSR count). The normalized spacial score (nSPS) is 11.8. The summed E-state index contributed by atoms with van der Waals surface area (Å²) in [4.78, 5) is 16.6. The van der Waals surface area contributed by atoms with E-state index in [4.69, 9.17) is 15.7 Å². The van der Waals surface area contributed by atoms with E-state index in [1.165, 1.54) is 0 Å². The van der Waals surface area contributed by atoms with Gasteiger partial charge in [-0.3, -0.25) is 0 Å². The fourth-order valence-corrected chi connectivity index (χ4v) is 4.75. The van der Waals surface area contributed by atoms with Crippen molar-refractivity contribution >= 4 is 52.1 Å². The van der Waals surface area contributed by atoms with Crippen molar-refractivity contribution in [3.8, 4) is 23.0 Å². The minimum atomic E-state index is 0.712. The zero-order valence-electron chi connectivity index (χ0n) is 20.9. The van der Waals surface area contributed by atoms with E-state index in [1.807, 2.05) is 72.8 Å². The van der Waals surface area contributed by atoms with Gasteiger partial charge in [-0.25, -0.2) is 9.97 Å². The van der Waals surface area contributed by atoms with Crippen LogP contribution in [0.25, 0.3) is 57.5 Å². The van der Waals surface area contributed by atoms with Crippen molar-refractivity contribution in [1.82, 2.24) is 19.9 Å². The SMILES string of the molecule is Nc1cccc(C#Cc2ccc(-c3cc4cc5ccc(cc6nc(cc7nc(cc3[nH]4)C=C7)C=C6)[nH]5)cc2)c1. The van der Waals surface area contributed by atoms with Gasteiger partial charge in [-0.2, -0.15) is 0 Å². The van der Waals surface area contributed by atoms with E-state index in [0.29, 0.717) is 5.69 Å². The van der Waals surface area contributed by atoms with Crippen LogP contribution < -0.4 is 5.73 Å². The quantitative estimate of drug-likeness (QED) is 0.163. The zero-order chi connectivity index (χ0) is 26.2. The summed E-state index contributed by atoms with van der Waals surface area (Å²) in [5, 5.41) is 0. The summed E-state index contributed by atoms with van der Waals surface area (Å²) in [5.74, 6) is 6.43. The number of benzene rings is 2. The molecule has 0 saturated carbocycles. The minimum Gasteiger partial charge on any atom is -0.399 e. The van der Waals surface area contributed by atoms with Crippen LogP contribution >= 0.6 is 0 Å². The van der Waals surface area contributed by atoms with Gasteiger partial charge in [0.15, 0.2) is 0 Å². The van der Waals surface area contributed by atoms with Crippen molar-refractivity contribution in [2.75, 3.05) is 5.73 Å². The van der Waals surface area contributed by atoms with Gasteiger partial charge in [-0.1, -0.05) is 30.0 Å². The largest absolute Gasteiger partial charge is 0.399 e. The van der Waals surface area contributed by atoms with E-state index in [1.54, 1.807) is 0 Å². The van der Waals surface area contributed by atoms with Crippen LogP contribution in [0.15, 0.2) is 91.0 Å². The molecule has 5 heterocycles. The van der Waals surface area contributed by atoms with Crippen LogP contribution in [-0.4, -0.2) is 19.9 Å². The highest BCUT2D eigenvalue weighted by molar-refractivity contribution is 5.88. The van der Waals surface area contributed by atoms with E-state index in [-0.39, 0.29) is 0 Å². The van der Waals surface area contributed by atoms with Crippen LogP contribution in [0.4, 0.5) is 5.69 Å². The predicted molar refractivity (Wildman–Crippen MR) is 161 cm³/mol. The first-order valence-corrected chi connectivity index (χ1v) is 12.7. The van der Waals surface area contributed by atoms with Crippen LogP contribution in [0.5, 0.6) is 0 Å². The number of hydrogen-bond donors (Lipinski definition) is 3. The van der Waals surface area contributed by atoms with Crippen LogP contribution in [0.1, 0.15) is 33.9 Å². The highest BCUT2D eigenvalue weighted by Gasteiger charge is 2.07. The Morgan fingerprint density at radius 2 is 1.21 bits per heavy atom. The van der Waals surface area contributed by atoms with Crippen LogP contribution in [0.2, 0.25) is 0 Å². The van der Waals surface area contributed by atoms with E-state index in [2.05, 4.69) is 64.3 Å². The molecule has 0 saturated heterocycles. The van der Waals surface area contributed by atoms with E-state index >= 15 is 0 Å². The van der Waals surface area contributed by atoms with Gasteiger partial charge >= 0.3 is 0 Å². The molecule has 0 radical (unpaired) electrons. The summed E-state index contributed by atoms with van der Waals surface area (Å²) in [6.45, 7) is 0. The number of nitrogen functional groups attached to an aromatic ring is 1. The third-order valence-electron chi connectivity index (χ3n) is 6.60. The van der Waals surface area contributed by atoms with Crippen molar-refractivity contribution in [3.63, 3.8) is 0 Å². The van der Waals surface area contributed by atoms with Crippen molar-refractivity contribution in [1.29, 1.82) is 0 Å². The van der Waals surface area contributed by atoms with Gasteiger partial charge in [0.25, 0.3) is 0 Å². The molecule has 39 heavy (non-hydrogen) atoms. The smallest absolute Gasteiger partial charge is 0.0659 e. The predicted octanol–water partition coefficient (Wildman–Crippen LogP) is 7.30. The standard InChI is InChI=1S/C34H23N5/c35-25-3-1-2-23(16-25)5-4-22-6-8-24(9-7-22)33-20-32-19-30-13-12-28(37-30)17-26-10-11-27(36-26)18-29-14-15-31(38-29)21-34(33)39-32/h1-3,6-21,37,39H,35H2. The Labute approximate surface area is 225 Å². The molecule has 0 fully saturated rings. The number of nitrogens with two attached hydrogens (primary N) is 1. The molecule has 5 heteroatoms. The third-order valence-corrected chi connectivity index (χ3v) is 6.60. The second-order valence-corrected chi connectivity index (χ2v) is 9.54. The lowest BCUT2D eigenvalue weighted by molar-refractivity contribution is 1.28. The topological polar surface area (TPSA) is 83.4 Å². The Morgan fingerprint density at radius 1 is 0.538 bits per heavy atom. The average molecular weight is 502 g/mol. The second-order valence-electron chi connectivity index (χ2n) is 9.54. The van der Waals surface area contributed by atoms with Crippen molar-refractivity contribution in [2.45, 2.75) is 0 Å². The van der Waals surface area contributed by atoms with E-state index in [9.17, 15) is 0 Å². The highest BCUT2D eigenvalue weighted by Crippen LogP contribution is 2.28. The Kier molecular flexibility index (Phi) is 5.42. The first kappa shape index (κ1) is 22.6. The Balaban J connectivity index is 1.35. The van der Waals surface area contributed by atoms with Gasteiger partial charge in [0.2, 0.25) is 0 Å². The number of H-pyrrole nitrogens is 2. The van der Waals surface area contributed by atoms with Gasteiger partial charge in [0, 0.05) is 44.4 Å². The molecule has 2 aliphatic heterocycles. The number of hydrogen-bond acceptors (Lipinski definition) is 3. The number of aromatic amines is 2. The van der Waals surface area contributed by atoms with Crippen molar-refractivity contribution in [2.24, 2.45) is 0 Å². The lowest BCUT2D eigenvalue weighted by Gasteiger charge is -2.00. The fourth-order valence-electron chi connectivity index (χ4n) is 4.75. The van der Waals surface area contributed by atoms with Crippen molar-refractivity contribution < 1.29 is 0 Å². The summed E-state index contributed by atoms with van der Waals surface area (Å²) in [6, 6.07) is 30.5. The number of anilines is 1. The molecule has 0 spiro atoms. The molecule has 0 atom stereocenters. The second kappa shape index (κ2) is 9.37. The number of nitrogens with zero attached hydrogens (tertiary/aromatic N) is 2. The lowest BCUT2D eigenvalue weighted by Crippen LogP contribution is -1.84. The summed E-state index contributed by atoms with van der Waals surface area (Å²) in [7, 11) is 0. The zero-order valence-corrected chi connectivity index (χ0v) is 20.9. The number of aromatic nitrogens is 4. The summed E-state index contributed by atoms with van der Waals surface area (Å²) < 4.78 is 0. The molecule has 0 aliphatic carbocycles. The maximum absolute atomic E-state index is 5.88. The Morgan fingerprint density at radius 3 is 1.95 bits per heavy atom. The van der Waals surface area contributed by atoms with Gasteiger partial charge in [-0.05, 0) is 103 Å². The summed E-state index contributed by atoms with van der Waals surface area (Å²) in [6.07, 6.45) is 8.07. The first-order chi connectivity index (χ1) is 19.1. The summed E-state index contributed by atoms with van der Waals surface area (Å²) >= 11 is 0. The van der Waals surface area contributed by atoms with Gasteiger partial charge in [0.1, 0.15) is 0 Å². The highest BCUT2D eigenvalue weighted by atomic mass is 14.8. The average Bonchev–Trinajstić information content (AvgIpc) is 3.74. The summed E-state index contributed by atoms with van der Waals surface area (Å²) in [5.41, 5.74) is 18.2. The number of rotatable bonds is 1. The minimum absolute atomic E-state index is 0.712. The van der Waals surface area contributed by atoms with Gasteiger partial charge < -0.3 is 15.7 Å². The molecule has 2 aliphatic rings. The molecular weight excluding hydrogens is 478 g/mol. The molecule has 0 unspecified atom stereocenters. The van der Waals surface area contributed by atoms with E-state index in [0.717, 1.165) is 67.1 Å². The number of nitrogens with one attached hydrogen (secondary N) is 2. The molecule has 0 amide bonds. The molecule has 2 aromatic carbocycles. The monoisotopic (exact) mass is 501 g/mol. The Bertz CT molecular complexity index is 2030. The van der Waals surface area contributed by atoms with Crippen molar-refractivity contribution in [3.05, 3.63) is 125 Å². The van der Waals surface area contributed by atoms with Crippen LogP contribution in [0, 0.1) is 11.8 Å². The first-order valence-electron chi connectivity index (χ1n) is 12.7. The lowest BCUT2D eigenvalue weighted by atomic mass is 10.0. The van der Waals surface area contributed by atoms with Gasteiger partial charge in [0.05, 0.1) is 22.8 Å². The molecule has 184 valence electrons. The maximum atomic E-state index is 5.88. The molecular formula is C34H23N5.